The van der Waals surface area contributed by atoms with Crippen LogP contribution in [0.25, 0.3) is 0 Å². The summed E-state index contributed by atoms with van der Waals surface area (Å²) in [6, 6.07) is 7.32. The van der Waals surface area contributed by atoms with E-state index in [0.29, 0.717) is 12.6 Å². The highest BCUT2D eigenvalue weighted by atomic mass is 16.3. The number of rotatable bonds is 7. The zero-order chi connectivity index (χ0) is 14.8. The Balaban J connectivity index is 2.17. The topological polar surface area (TPSA) is 35.5 Å². The molecule has 112 valence electrons. The van der Waals surface area contributed by atoms with E-state index in [9.17, 15) is 5.11 Å². The summed E-state index contributed by atoms with van der Waals surface area (Å²) in [5.41, 5.74) is 3.19. The molecule has 0 aromatic heterocycles. The van der Waals surface area contributed by atoms with E-state index in [0.717, 1.165) is 13.1 Å². The molecule has 0 heterocycles. The summed E-state index contributed by atoms with van der Waals surface area (Å²) in [7, 11) is 0. The number of hydrogen-bond donors (Lipinski definition) is 2. The van der Waals surface area contributed by atoms with Gasteiger partial charge >= 0.3 is 0 Å². The normalized spacial score (nSPS) is 15.4. The van der Waals surface area contributed by atoms with Crippen LogP contribution in [0.5, 0.6) is 0 Å². The van der Waals surface area contributed by atoms with E-state index in [1.807, 2.05) is 13.8 Å². The maximum Gasteiger partial charge on any atom is 0.0765 e. The molecule has 0 atom stereocenters. The molecule has 1 aliphatic rings. The molecule has 20 heavy (non-hydrogen) atoms. The second-order valence-corrected chi connectivity index (χ2v) is 6.61. The largest absolute Gasteiger partial charge is 0.389 e. The number of nitrogens with one attached hydrogen (secondary N) is 1. The molecule has 0 unspecified atom stereocenters. The molecule has 1 aliphatic carbocycles. The minimum absolute atomic E-state index is 0.656. The summed E-state index contributed by atoms with van der Waals surface area (Å²) >= 11 is 0. The summed E-state index contributed by atoms with van der Waals surface area (Å²) in [6.45, 7) is 10.5. The van der Waals surface area contributed by atoms with Crippen LogP contribution in [-0.4, -0.2) is 29.8 Å². The van der Waals surface area contributed by atoms with Crippen LogP contribution in [0.3, 0.4) is 0 Å². The minimum Gasteiger partial charge on any atom is -0.389 e. The lowest BCUT2D eigenvalue weighted by Crippen LogP contribution is -2.39. The van der Waals surface area contributed by atoms with E-state index in [-0.39, 0.29) is 0 Å². The number of nitrogens with zero attached hydrogens (tertiary/aromatic N) is 1. The molecule has 0 saturated heterocycles. The van der Waals surface area contributed by atoms with Crippen molar-refractivity contribution in [2.24, 2.45) is 0 Å². The summed E-state index contributed by atoms with van der Waals surface area (Å²) in [5.74, 6) is 0. The third-order valence-electron chi connectivity index (χ3n) is 3.69. The van der Waals surface area contributed by atoms with Crippen LogP contribution in [0.4, 0.5) is 5.69 Å². The van der Waals surface area contributed by atoms with E-state index < -0.39 is 5.60 Å². The highest BCUT2D eigenvalue weighted by Crippen LogP contribution is 2.26. The Hall–Kier alpha value is -1.06. The number of likely N-dealkylation sites (N-methyl/N-ethyl adjacent to an activating group) is 1. The van der Waals surface area contributed by atoms with Crippen molar-refractivity contribution < 1.29 is 5.11 Å². The molecule has 0 bridgehead atoms. The van der Waals surface area contributed by atoms with Crippen molar-refractivity contribution in [2.75, 3.05) is 18.0 Å². The van der Waals surface area contributed by atoms with E-state index >= 15 is 0 Å². The highest BCUT2D eigenvalue weighted by Gasteiger charge is 2.22. The molecule has 0 spiro atoms. The summed E-state index contributed by atoms with van der Waals surface area (Å²) < 4.78 is 0. The average molecular weight is 276 g/mol. The Bertz CT molecular complexity index is 447. The van der Waals surface area contributed by atoms with Gasteiger partial charge in [-0.25, -0.2) is 0 Å². The third kappa shape index (κ3) is 4.50. The van der Waals surface area contributed by atoms with Crippen LogP contribution in [-0.2, 0) is 6.54 Å². The molecule has 3 heteroatoms. The van der Waals surface area contributed by atoms with Gasteiger partial charge in [0, 0.05) is 31.4 Å². The summed E-state index contributed by atoms with van der Waals surface area (Å²) in [5, 5.41) is 13.7. The van der Waals surface area contributed by atoms with E-state index in [4.69, 9.17) is 0 Å². The first-order chi connectivity index (χ1) is 9.39. The first-order valence-corrected chi connectivity index (χ1v) is 7.69. The monoisotopic (exact) mass is 276 g/mol. The van der Waals surface area contributed by atoms with Crippen LogP contribution < -0.4 is 10.2 Å². The predicted molar refractivity (Wildman–Crippen MR) is 85.2 cm³/mol. The van der Waals surface area contributed by atoms with Crippen molar-refractivity contribution >= 4 is 5.69 Å². The van der Waals surface area contributed by atoms with Gasteiger partial charge in [0.1, 0.15) is 0 Å². The summed E-state index contributed by atoms with van der Waals surface area (Å²) in [4.78, 5) is 2.27. The highest BCUT2D eigenvalue weighted by molar-refractivity contribution is 5.55. The van der Waals surface area contributed by atoms with Crippen LogP contribution in [0.15, 0.2) is 18.2 Å². The first kappa shape index (κ1) is 15.3. The molecule has 3 nitrogen and oxygen atoms in total. The van der Waals surface area contributed by atoms with E-state index in [1.165, 1.54) is 29.7 Å². The van der Waals surface area contributed by atoms with Gasteiger partial charge in [-0.2, -0.15) is 0 Å². The SMILES string of the molecule is CCN(CC(C)(C)O)c1ccc(C)cc1CNC1CC1. The standard InChI is InChI=1S/C17H28N2O/c1-5-19(12-17(3,4)20)16-9-6-13(2)10-14(16)11-18-15-7-8-15/h6,9-10,15,18,20H,5,7-8,11-12H2,1-4H3. The lowest BCUT2D eigenvalue weighted by molar-refractivity contribution is 0.0875. The fourth-order valence-electron chi connectivity index (χ4n) is 2.54. The molecule has 2 N–H and O–H groups in total. The first-order valence-electron chi connectivity index (χ1n) is 7.69. The van der Waals surface area contributed by atoms with Crippen molar-refractivity contribution in [3.05, 3.63) is 29.3 Å². The van der Waals surface area contributed by atoms with Crippen molar-refractivity contribution in [1.82, 2.24) is 5.32 Å². The minimum atomic E-state index is -0.678. The second-order valence-electron chi connectivity index (χ2n) is 6.61. The Kier molecular flexibility index (Phi) is 4.71. The lowest BCUT2D eigenvalue weighted by Gasteiger charge is -2.31. The fraction of sp³-hybridized carbons (Fsp3) is 0.647. The molecule has 2 rings (SSSR count). The maximum absolute atomic E-state index is 10.1. The zero-order valence-corrected chi connectivity index (χ0v) is 13.2. The van der Waals surface area contributed by atoms with Gasteiger partial charge in [-0.3, -0.25) is 0 Å². The van der Waals surface area contributed by atoms with Gasteiger partial charge in [-0.05, 0) is 52.2 Å². The summed E-state index contributed by atoms with van der Waals surface area (Å²) in [6.07, 6.45) is 2.62. The van der Waals surface area contributed by atoms with Crippen molar-refractivity contribution in [1.29, 1.82) is 0 Å². The smallest absolute Gasteiger partial charge is 0.0765 e. The van der Waals surface area contributed by atoms with Gasteiger partial charge in [-0.15, -0.1) is 0 Å². The van der Waals surface area contributed by atoms with Gasteiger partial charge in [-0.1, -0.05) is 17.7 Å². The molecule has 0 aliphatic heterocycles. The number of anilines is 1. The van der Waals surface area contributed by atoms with Gasteiger partial charge in [0.2, 0.25) is 0 Å². The molecule has 1 aromatic rings. The molecule has 0 amide bonds. The Morgan fingerprint density at radius 1 is 1.35 bits per heavy atom. The van der Waals surface area contributed by atoms with Crippen LogP contribution in [0.1, 0.15) is 44.7 Å². The molecular formula is C17H28N2O. The van der Waals surface area contributed by atoms with Gasteiger partial charge in [0.05, 0.1) is 5.60 Å². The Morgan fingerprint density at radius 2 is 2.05 bits per heavy atom. The van der Waals surface area contributed by atoms with Crippen molar-refractivity contribution in [2.45, 2.75) is 58.7 Å². The molecular weight excluding hydrogens is 248 g/mol. The van der Waals surface area contributed by atoms with Crippen LogP contribution >= 0.6 is 0 Å². The van der Waals surface area contributed by atoms with Crippen molar-refractivity contribution in [3.8, 4) is 0 Å². The van der Waals surface area contributed by atoms with Gasteiger partial charge < -0.3 is 15.3 Å². The lowest BCUT2D eigenvalue weighted by atomic mass is 10.1. The number of hydrogen-bond acceptors (Lipinski definition) is 3. The van der Waals surface area contributed by atoms with E-state index in [2.05, 4.69) is 42.3 Å². The van der Waals surface area contributed by atoms with Gasteiger partial charge in [0.15, 0.2) is 0 Å². The van der Waals surface area contributed by atoms with Crippen LogP contribution in [0, 0.1) is 6.92 Å². The Morgan fingerprint density at radius 3 is 2.60 bits per heavy atom. The number of aliphatic hydroxyl groups is 1. The molecule has 1 saturated carbocycles. The zero-order valence-electron chi connectivity index (χ0n) is 13.2. The fourth-order valence-corrected chi connectivity index (χ4v) is 2.54. The average Bonchev–Trinajstić information content (AvgIpc) is 3.17. The van der Waals surface area contributed by atoms with Crippen LogP contribution in [0.2, 0.25) is 0 Å². The van der Waals surface area contributed by atoms with Crippen molar-refractivity contribution in [3.63, 3.8) is 0 Å². The second kappa shape index (κ2) is 6.15. The number of benzene rings is 1. The van der Waals surface area contributed by atoms with E-state index in [1.54, 1.807) is 0 Å². The van der Waals surface area contributed by atoms with Gasteiger partial charge in [0.25, 0.3) is 0 Å². The Labute approximate surface area is 123 Å². The molecule has 1 aromatic carbocycles. The predicted octanol–water partition coefficient (Wildman–Crippen LogP) is 2.84. The maximum atomic E-state index is 10.1. The third-order valence-corrected chi connectivity index (χ3v) is 3.69. The number of aryl methyl sites for hydroxylation is 1. The quantitative estimate of drug-likeness (QED) is 0.804. The molecule has 0 radical (unpaired) electrons. The molecule has 1 fully saturated rings.